The van der Waals surface area contributed by atoms with Crippen molar-refractivity contribution in [3.05, 3.63) is 24.3 Å². The molecule has 0 aliphatic heterocycles. The maximum absolute atomic E-state index is 12.1. The maximum Gasteiger partial charge on any atom is 0.413 e. The lowest BCUT2D eigenvalue weighted by atomic mass is 10.2. The number of ether oxygens (including phenoxy) is 1. The van der Waals surface area contributed by atoms with Gasteiger partial charge in [0.05, 0.1) is 19.8 Å². The van der Waals surface area contributed by atoms with Gasteiger partial charge in [-0.1, -0.05) is 12.1 Å². The van der Waals surface area contributed by atoms with Crippen LogP contribution in [-0.2, 0) is 14.3 Å². The molecule has 126 valence electrons. The third-order valence-electron chi connectivity index (χ3n) is 3.36. The molecule has 7 nitrogen and oxygen atoms in total. The highest BCUT2D eigenvalue weighted by molar-refractivity contribution is 7.98. The Hall–Kier alpha value is -2.06. The standard InChI is InChI=1S/C15H21N3O4S/c1-10(14(20)17-15(21)22-3)18(2)9-13(19)16-11-7-5-6-8-12(11)23-4/h5-8,10H,9H2,1-4H3,(H,16,19)(H,17,20,21)/p+1/t10-/m1/s1. The fourth-order valence-corrected chi connectivity index (χ4v) is 2.39. The van der Waals surface area contributed by atoms with E-state index in [0.717, 1.165) is 10.6 Å². The molecule has 8 heteroatoms. The number of anilines is 1. The minimum Gasteiger partial charge on any atom is -0.453 e. The molecule has 1 aromatic carbocycles. The van der Waals surface area contributed by atoms with Crippen molar-refractivity contribution in [2.45, 2.75) is 17.9 Å². The van der Waals surface area contributed by atoms with Gasteiger partial charge in [-0.15, -0.1) is 11.8 Å². The molecule has 0 aliphatic carbocycles. The van der Waals surface area contributed by atoms with Crippen molar-refractivity contribution in [1.29, 1.82) is 0 Å². The third-order valence-corrected chi connectivity index (χ3v) is 4.16. The first-order chi connectivity index (χ1) is 10.9. The Balaban J connectivity index is 2.59. The summed E-state index contributed by atoms with van der Waals surface area (Å²) in [5, 5.41) is 4.93. The number of alkyl carbamates (subject to hydrolysis) is 1. The average Bonchev–Trinajstić information content (AvgIpc) is 2.54. The molecule has 0 heterocycles. The zero-order valence-corrected chi connectivity index (χ0v) is 14.5. The van der Waals surface area contributed by atoms with Crippen molar-refractivity contribution in [3.8, 4) is 0 Å². The molecule has 3 N–H and O–H groups in total. The zero-order valence-electron chi connectivity index (χ0n) is 13.6. The molecule has 1 aromatic rings. The van der Waals surface area contributed by atoms with Crippen molar-refractivity contribution in [1.82, 2.24) is 5.32 Å². The molecule has 23 heavy (non-hydrogen) atoms. The third kappa shape index (κ3) is 5.91. The van der Waals surface area contributed by atoms with Gasteiger partial charge in [0.25, 0.3) is 11.8 Å². The van der Waals surface area contributed by atoms with Crippen LogP contribution >= 0.6 is 11.8 Å². The summed E-state index contributed by atoms with van der Waals surface area (Å²) in [5.74, 6) is -0.701. The lowest BCUT2D eigenvalue weighted by Crippen LogP contribution is -3.15. The molecule has 3 amide bonds. The van der Waals surface area contributed by atoms with Crippen LogP contribution in [-0.4, -0.2) is 50.9 Å². The highest BCUT2D eigenvalue weighted by atomic mass is 32.2. The lowest BCUT2D eigenvalue weighted by molar-refractivity contribution is -0.885. The van der Waals surface area contributed by atoms with E-state index in [1.54, 1.807) is 14.0 Å². The van der Waals surface area contributed by atoms with Crippen LogP contribution in [0.4, 0.5) is 10.5 Å². The molecule has 0 fully saturated rings. The van der Waals surface area contributed by atoms with Crippen LogP contribution < -0.4 is 15.5 Å². The van der Waals surface area contributed by atoms with E-state index in [2.05, 4.69) is 15.4 Å². The number of benzene rings is 1. The highest BCUT2D eigenvalue weighted by Gasteiger charge is 2.25. The summed E-state index contributed by atoms with van der Waals surface area (Å²) in [6.07, 6.45) is 1.12. The number of imide groups is 1. The minimum atomic E-state index is -0.812. The van der Waals surface area contributed by atoms with Gasteiger partial charge < -0.3 is 15.0 Å². The summed E-state index contributed by atoms with van der Waals surface area (Å²) >= 11 is 1.54. The number of hydrogen-bond acceptors (Lipinski definition) is 5. The van der Waals surface area contributed by atoms with Crippen molar-refractivity contribution in [2.75, 3.05) is 32.3 Å². The van der Waals surface area contributed by atoms with Gasteiger partial charge in [-0.05, 0) is 25.3 Å². The number of hydrogen-bond donors (Lipinski definition) is 3. The average molecular weight is 340 g/mol. The SMILES string of the molecule is COC(=O)NC(=O)[C@@H](C)[NH+](C)CC(=O)Nc1ccccc1SC. The summed E-state index contributed by atoms with van der Waals surface area (Å²) in [6.45, 7) is 1.73. The molecule has 0 spiro atoms. The van der Waals surface area contributed by atoms with Crippen molar-refractivity contribution in [2.24, 2.45) is 0 Å². The van der Waals surface area contributed by atoms with Gasteiger partial charge in [0, 0.05) is 4.90 Å². The first-order valence-electron chi connectivity index (χ1n) is 7.03. The molecular weight excluding hydrogens is 318 g/mol. The van der Waals surface area contributed by atoms with Gasteiger partial charge in [0.2, 0.25) is 0 Å². The Labute approximate surface area is 139 Å². The molecule has 1 unspecified atom stereocenters. The topological polar surface area (TPSA) is 88.9 Å². The Morgan fingerprint density at radius 3 is 2.57 bits per heavy atom. The van der Waals surface area contributed by atoms with E-state index in [0.29, 0.717) is 4.90 Å². The van der Waals surface area contributed by atoms with Crippen LogP contribution in [0.15, 0.2) is 29.2 Å². The number of quaternary nitrogens is 1. The van der Waals surface area contributed by atoms with Crippen LogP contribution in [0, 0.1) is 0 Å². The molecule has 0 radical (unpaired) electrons. The molecule has 0 saturated carbocycles. The fraction of sp³-hybridized carbons (Fsp3) is 0.400. The van der Waals surface area contributed by atoms with Crippen LogP contribution in [0.1, 0.15) is 6.92 Å². The van der Waals surface area contributed by atoms with E-state index in [9.17, 15) is 14.4 Å². The number of carbonyl (C=O) groups excluding carboxylic acids is 3. The summed E-state index contributed by atoms with van der Waals surface area (Å²) < 4.78 is 4.37. The number of amides is 3. The van der Waals surface area contributed by atoms with E-state index in [1.165, 1.54) is 18.9 Å². The number of likely N-dealkylation sites (N-methyl/N-ethyl adjacent to an activating group) is 1. The summed E-state index contributed by atoms with van der Waals surface area (Å²) in [7, 11) is 2.89. The maximum atomic E-state index is 12.1. The zero-order chi connectivity index (χ0) is 17.4. The van der Waals surface area contributed by atoms with Gasteiger partial charge in [0.1, 0.15) is 0 Å². The Morgan fingerprint density at radius 1 is 1.30 bits per heavy atom. The van der Waals surface area contributed by atoms with Gasteiger partial charge in [0.15, 0.2) is 12.6 Å². The van der Waals surface area contributed by atoms with Crippen molar-refractivity contribution < 1.29 is 24.0 Å². The predicted octanol–water partition coefficient (Wildman–Crippen LogP) is 0.133. The Kier molecular flexibility index (Phi) is 7.56. The quantitative estimate of drug-likeness (QED) is 0.641. The van der Waals surface area contributed by atoms with Crippen LogP contribution in [0.25, 0.3) is 0 Å². The molecule has 1 rings (SSSR count). The second-order valence-corrected chi connectivity index (χ2v) is 5.82. The second kappa shape index (κ2) is 9.16. The van der Waals surface area contributed by atoms with Crippen LogP contribution in [0.2, 0.25) is 0 Å². The van der Waals surface area contributed by atoms with E-state index in [1.807, 2.05) is 30.5 Å². The number of nitrogens with one attached hydrogen (secondary N) is 3. The second-order valence-electron chi connectivity index (χ2n) is 4.97. The van der Waals surface area contributed by atoms with E-state index >= 15 is 0 Å². The monoisotopic (exact) mass is 340 g/mol. The van der Waals surface area contributed by atoms with Gasteiger partial charge in [-0.2, -0.15) is 0 Å². The van der Waals surface area contributed by atoms with Crippen LogP contribution in [0.3, 0.4) is 0 Å². The number of rotatable bonds is 6. The van der Waals surface area contributed by atoms with Gasteiger partial charge in [-0.25, -0.2) is 4.79 Å². The molecule has 0 aliphatic rings. The number of thioether (sulfide) groups is 1. The Morgan fingerprint density at radius 2 is 1.96 bits per heavy atom. The Bertz CT molecular complexity index is 580. The largest absolute Gasteiger partial charge is 0.453 e. The first kappa shape index (κ1) is 19.0. The molecule has 0 bridgehead atoms. The van der Waals surface area contributed by atoms with Crippen molar-refractivity contribution >= 4 is 35.4 Å². The normalized spacial score (nSPS) is 12.9. The minimum absolute atomic E-state index is 0.0957. The predicted molar refractivity (Wildman–Crippen MR) is 88.6 cm³/mol. The van der Waals surface area contributed by atoms with Crippen molar-refractivity contribution in [3.63, 3.8) is 0 Å². The van der Waals surface area contributed by atoms with Crippen LogP contribution in [0.5, 0.6) is 0 Å². The van der Waals surface area contributed by atoms with Gasteiger partial charge in [-0.3, -0.25) is 14.9 Å². The first-order valence-corrected chi connectivity index (χ1v) is 8.25. The molecule has 0 aromatic heterocycles. The molecule has 0 saturated heterocycles. The highest BCUT2D eigenvalue weighted by Crippen LogP contribution is 2.24. The summed E-state index contributed by atoms with van der Waals surface area (Å²) in [6, 6.07) is 6.92. The fourth-order valence-electron chi connectivity index (χ4n) is 1.83. The molecule has 2 atom stereocenters. The number of para-hydroxylation sites is 1. The van der Waals surface area contributed by atoms with E-state index in [4.69, 9.17) is 0 Å². The van der Waals surface area contributed by atoms with E-state index in [-0.39, 0.29) is 12.5 Å². The number of carbonyl (C=O) groups is 3. The smallest absolute Gasteiger partial charge is 0.413 e. The summed E-state index contributed by atoms with van der Waals surface area (Å²) in [5.41, 5.74) is 0.740. The number of methoxy groups -OCH3 is 1. The van der Waals surface area contributed by atoms with Gasteiger partial charge >= 0.3 is 6.09 Å². The summed E-state index contributed by atoms with van der Waals surface area (Å²) in [4.78, 5) is 36.6. The molecular formula is C15H22N3O4S+. The van der Waals surface area contributed by atoms with E-state index < -0.39 is 18.0 Å². The lowest BCUT2D eigenvalue weighted by Gasteiger charge is -2.20.